The van der Waals surface area contributed by atoms with E-state index in [0.29, 0.717) is 12.1 Å². The van der Waals surface area contributed by atoms with Gasteiger partial charge in [0.05, 0.1) is 11.9 Å². The van der Waals surface area contributed by atoms with Crippen molar-refractivity contribution in [3.8, 4) is 0 Å². The number of rotatable bonds is 6. The normalized spacial score (nSPS) is 22.7. The van der Waals surface area contributed by atoms with Crippen LogP contribution in [0, 0.1) is 0 Å². The van der Waals surface area contributed by atoms with Gasteiger partial charge in [0.25, 0.3) is 0 Å². The second-order valence-electron chi connectivity index (χ2n) is 7.57. The number of nitrogens with one attached hydrogen (secondary N) is 1. The van der Waals surface area contributed by atoms with E-state index in [1.807, 2.05) is 41.4 Å². The minimum atomic E-state index is 0.0904. The van der Waals surface area contributed by atoms with E-state index in [0.717, 1.165) is 54.0 Å². The summed E-state index contributed by atoms with van der Waals surface area (Å²) in [5.74, 6) is 0.0904. The molecule has 0 radical (unpaired) electrons. The third-order valence-corrected chi connectivity index (χ3v) is 6.32. The molecule has 1 N–H and O–H groups in total. The van der Waals surface area contributed by atoms with Crippen molar-refractivity contribution >= 4 is 28.3 Å². The van der Waals surface area contributed by atoms with Gasteiger partial charge in [-0.25, -0.2) is 4.68 Å². The molecule has 1 aliphatic carbocycles. The molecule has 1 aromatic heterocycles. The number of allylic oxidation sites excluding steroid dienone is 4. The fourth-order valence-corrected chi connectivity index (χ4v) is 4.22. The predicted molar refractivity (Wildman–Crippen MR) is 119 cm³/mol. The van der Waals surface area contributed by atoms with E-state index in [-0.39, 0.29) is 5.91 Å². The van der Waals surface area contributed by atoms with Crippen molar-refractivity contribution in [3.05, 3.63) is 53.7 Å². The predicted octanol–water partition coefficient (Wildman–Crippen LogP) is 4.28. The number of thioether (sulfide) groups is 1. The standard InChI is InChI=1S/C22H30N4OS/c1-16(22(27)25(4)21-10-11-23-17(2)12-21)15-28-18(3)19-13-24-26(14-19)20-8-6-5-7-9-20/h6,8-9,13-15,17,21,23H,3,5,7,10-12H2,1-2,4H3/b16-15+/t17-,21?/m0/s1. The van der Waals surface area contributed by atoms with Crippen LogP contribution in [0.15, 0.2) is 48.2 Å². The summed E-state index contributed by atoms with van der Waals surface area (Å²) >= 11 is 1.48. The zero-order valence-corrected chi connectivity index (χ0v) is 17.8. The molecule has 0 saturated carbocycles. The van der Waals surface area contributed by atoms with Crippen molar-refractivity contribution in [2.24, 2.45) is 0 Å². The fourth-order valence-electron chi connectivity index (χ4n) is 3.56. The molecule has 2 heterocycles. The first-order chi connectivity index (χ1) is 13.5. The van der Waals surface area contributed by atoms with E-state index in [9.17, 15) is 4.79 Å². The lowest BCUT2D eigenvalue weighted by atomic mass is 9.99. The van der Waals surface area contributed by atoms with Crippen molar-refractivity contribution < 1.29 is 4.79 Å². The van der Waals surface area contributed by atoms with Crippen LogP contribution >= 0.6 is 11.8 Å². The van der Waals surface area contributed by atoms with Crippen LogP contribution in [-0.4, -0.2) is 46.3 Å². The van der Waals surface area contributed by atoms with Crippen LogP contribution < -0.4 is 5.32 Å². The molecule has 1 amide bonds. The van der Waals surface area contributed by atoms with Gasteiger partial charge in [-0.2, -0.15) is 5.10 Å². The highest BCUT2D eigenvalue weighted by Crippen LogP contribution is 2.29. The minimum Gasteiger partial charge on any atom is -0.339 e. The lowest BCUT2D eigenvalue weighted by Crippen LogP contribution is -2.47. The van der Waals surface area contributed by atoms with E-state index in [4.69, 9.17) is 0 Å². The first-order valence-corrected chi connectivity index (χ1v) is 10.8. The number of carbonyl (C=O) groups excluding carboxylic acids is 1. The summed E-state index contributed by atoms with van der Waals surface area (Å²) in [5, 5.41) is 9.78. The molecule has 2 aliphatic rings. The molecule has 0 bridgehead atoms. The zero-order valence-electron chi connectivity index (χ0n) is 17.0. The maximum Gasteiger partial charge on any atom is 0.250 e. The summed E-state index contributed by atoms with van der Waals surface area (Å²) in [7, 11) is 1.91. The Morgan fingerprint density at radius 2 is 2.29 bits per heavy atom. The molecule has 1 fully saturated rings. The zero-order chi connectivity index (χ0) is 20.1. The highest BCUT2D eigenvalue weighted by Gasteiger charge is 2.25. The van der Waals surface area contributed by atoms with Crippen LogP contribution in [0.1, 0.15) is 45.1 Å². The maximum absolute atomic E-state index is 12.8. The number of nitrogens with zero attached hydrogens (tertiary/aromatic N) is 3. The topological polar surface area (TPSA) is 50.2 Å². The van der Waals surface area contributed by atoms with Gasteiger partial charge in [0, 0.05) is 41.4 Å². The summed E-state index contributed by atoms with van der Waals surface area (Å²) in [4.78, 5) is 15.6. The Balaban J connectivity index is 1.58. The molecule has 1 saturated heterocycles. The Bertz CT molecular complexity index is 820. The molecule has 5 nitrogen and oxygen atoms in total. The molecule has 0 spiro atoms. The molecule has 28 heavy (non-hydrogen) atoms. The van der Waals surface area contributed by atoms with E-state index < -0.39 is 0 Å². The molecule has 6 heteroatoms. The van der Waals surface area contributed by atoms with Crippen molar-refractivity contribution in [1.82, 2.24) is 20.0 Å². The Hall–Kier alpha value is -2.05. The molecular formula is C22H30N4OS. The van der Waals surface area contributed by atoms with E-state index in [2.05, 4.69) is 42.1 Å². The van der Waals surface area contributed by atoms with Gasteiger partial charge in [-0.15, -0.1) is 0 Å². The van der Waals surface area contributed by atoms with Crippen molar-refractivity contribution in [3.63, 3.8) is 0 Å². The molecule has 1 unspecified atom stereocenters. The number of hydrogen-bond acceptors (Lipinski definition) is 4. The van der Waals surface area contributed by atoms with Gasteiger partial charge >= 0.3 is 0 Å². The second-order valence-corrected chi connectivity index (χ2v) is 8.54. The number of hydrogen-bond donors (Lipinski definition) is 1. The van der Waals surface area contributed by atoms with Gasteiger partial charge in [0.1, 0.15) is 0 Å². The average molecular weight is 399 g/mol. The fraction of sp³-hybridized carbons (Fsp3) is 0.455. The molecule has 1 aliphatic heterocycles. The Morgan fingerprint density at radius 3 is 3.00 bits per heavy atom. The van der Waals surface area contributed by atoms with Crippen LogP contribution in [-0.2, 0) is 4.79 Å². The van der Waals surface area contributed by atoms with Gasteiger partial charge in [0.2, 0.25) is 5.91 Å². The maximum atomic E-state index is 12.8. The molecule has 3 rings (SSSR count). The highest BCUT2D eigenvalue weighted by atomic mass is 32.2. The Kier molecular flexibility index (Phi) is 6.97. The van der Waals surface area contributed by atoms with Crippen LogP contribution in [0.5, 0.6) is 0 Å². The summed E-state index contributed by atoms with van der Waals surface area (Å²) in [6.07, 6.45) is 14.4. The van der Waals surface area contributed by atoms with Crippen molar-refractivity contribution in [1.29, 1.82) is 0 Å². The van der Waals surface area contributed by atoms with E-state index in [1.54, 1.807) is 0 Å². The van der Waals surface area contributed by atoms with Gasteiger partial charge in [-0.1, -0.05) is 30.5 Å². The second kappa shape index (κ2) is 9.43. The summed E-state index contributed by atoms with van der Waals surface area (Å²) in [6, 6.07) is 0.758. The quantitative estimate of drug-likeness (QED) is 0.727. The third-order valence-electron chi connectivity index (χ3n) is 5.32. The van der Waals surface area contributed by atoms with Crippen LogP contribution in [0.3, 0.4) is 0 Å². The highest BCUT2D eigenvalue weighted by molar-refractivity contribution is 8.10. The number of amides is 1. The summed E-state index contributed by atoms with van der Waals surface area (Å²) in [6.45, 7) is 9.17. The molecule has 150 valence electrons. The first kappa shape index (κ1) is 20.7. The number of likely N-dealkylation sites (N-methyl/N-ethyl adjacent to an activating group) is 1. The van der Waals surface area contributed by atoms with Crippen molar-refractivity contribution in [2.75, 3.05) is 13.6 Å². The molecule has 2 atom stereocenters. The van der Waals surface area contributed by atoms with E-state index in [1.165, 1.54) is 11.8 Å². The lowest BCUT2D eigenvalue weighted by Gasteiger charge is -2.35. The SMILES string of the molecule is C=C(S/C=C(\C)C(=O)N(C)C1CCN[C@@H](C)C1)c1cnn(C2=CCCC=C2)c1. The van der Waals surface area contributed by atoms with E-state index >= 15 is 0 Å². The first-order valence-electron chi connectivity index (χ1n) is 9.90. The molecule has 1 aromatic rings. The number of carbonyl (C=O) groups is 1. The monoisotopic (exact) mass is 398 g/mol. The average Bonchev–Trinajstić information content (AvgIpc) is 3.21. The molecule has 0 aromatic carbocycles. The van der Waals surface area contributed by atoms with Gasteiger partial charge in [-0.3, -0.25) is 4.79 Å². The van der Waals surface area contributed by atoms with Crippen molar-refractivity contribution in [2.45, 2.75) is 51.6 Å². The van der Waals surface area contributed by atoms with Crippen LogP contribution in [0.4, 0.5) is 0 Å². The third kappa shape index (κ3) is 5.06. The largest absolute Gasteiger partial charge is 0.339 e. The summed E-state index contributed by atoms with van der Waals surface area (Å²) < 4.78 is 1.88. The Morgan fingerprint density at radius 1 is 1.46 bits per heavy atom. The van der Waals surface area contributed by atoms with Gasteiger partial charge < -0.3 is 10.2 Å². The van der Waals surface area contributed by atoms with Gasteiger partial charge in [-0.05, 0) is 57.6 Å². The van der Waals surface area contributed by atoms with Crippen LogP contribution in [0.25, 0.3) is 10.6 Å². The number of aromatic nitrogens is 2. The Labute approximate surface area is 172 Å². The smallest absolute Gasteiger partial charge is 0.250 e. The minimum absolute atomic E-state index is 0.0904. The van der Waals surface area contributed by atoms with Gasteiger partial charge in [0.15, 0.2) is 0 Å². The summed E-state index contributed by atoms with van der Waals surface area (Å²) in [5.41, 5.74) is 2.81. The van der Waals surface area contributed by atoms with Crippen LogP contribution in [0.2, 0.25) is 0 Å². The lowest BCUT2D eigenvalue weighted by molar-refractivity contribution is -0.128. The molecular weight excluding hydrogens is 368 g/mol. The number of piperidine rings is 1.